The number of rotatable bonds is 3. The van der Waals surface area contributed by atoms with E-state index in [0.29, 0.717) is 5.56 Å². The van der Waals surface area contributed by atoms with E-state index in [2.05, 4.69) is 10.2 Å². The normalized spacial score (nSPS) is 14.6. The molecule has 16 heavy (non-hydrogen) atoms. The molecule has 0 saturated heterocycles. The van der Waals surface area contributed by atoms with E-state index in [0.717, 1.165) is 10.9 Å². The molecule has 2 aromatic rings. The van der Waals surface area contributed by atoms with Crippen LogP contribution in [0.4, 0.5) is 0 Å². The van der Waals surface area contributed by atoms with Crippen LogP contribution in [0.25, 0.3) is 10.9 Å². The molecule has 82 valence electrons. The fourth-order valence-corrected chi connectivity index (χ4v) is 1.66. The third-order valence-electron chi connectivity index (χ3n) is 2.50. The summed E-state index contributed by atoms with van der Waals surface area (Å²) >= 11 is 0. The molecule has 0 spiro atoms. The lowest BCUT2D eigenvalue weighted by atomic mass is 9.99. The number of nitrogens with one attached hydrogen (secondary N) is 1. The third-order valence-corrected chi connectivity index (χ3v) is 2.50. The van der Waals surface area contributed by atoms with Crippen LogP contribution in [0.2, 0.25) is 0 Å². The van der Waals surface area contributed by atoms with Crippen LogP contribution in [0, 0.1) is 11.3 Å². The zero-order chi connectivity index (χ0) is 11.5. The van der Waals surface area contributed by atoms with Gasteiger partial charge in [0.25, 0.3) is 0 Å². The van der Waals surface area contributed by atoms with Crippen LogP contribution in [0.15, 0.2) is 24.4 Å². The van der Waals surface area contributed by atoms with Crippen molar-refractivity contribution in [1.82, 2.24) is 10.2 Å². The van der Waals surface area contributed by atoms with Gasteiger partial charge in [0.1, 0.15) is 6.10 Å². The molecule has 0 bridgehead atoms. The second-order valence-corrected chi connectivity index (χ2v) is 3.55. The van der Waals surface area contributed by atoms with Gasteiger partial charge in [0.05, 0.1) is 30.3 Å². The Morgan fingerprint density at radius 2 is 2.25 bits per heavy atom. The highest BCUT2D eigenvalue weighted by Gasteiger charge is 2.20. The number of aliphatic hydroxyl groups is 2. The standard InChI is InChI=1S/C11H11N3O2/c12-5-4-10(15)11(16)7-2-1-3-9-8(7)6-13-14-9/h1-3,6,10-11,15-16H,4H2,(H,13,14). The van der Waals surface area contributed by atoms with E-state index in [4.69, 9.17) is 5.26 Å². The third kappa shape index (κ3) is 1.76. The first-order valence-corrected chi connectivity index (χ1v) is 4.89. The molecule has 3 N–H and O–H groups in total. The molecule has 5 heteroatoms. The largest absolute Gasteiger partial charge is 0.389 e. The molecule has 0 saturated carbocycles. The number of H-pyrrole nitrogens is 1. The Hall–Kier alpha value is -1.90. The van der Waals surface area contributed by atoms with Crippen LogP contribution < -0.4 is 0 Å². The second-order valence-electron chi connectivity index (χ2n) is 3.55. The summed E-state index contributed by atoms with van der Waals surface area (Å²) in [5, 5.41) is 35.3. The molecule has 0 aliphatic rings. The van der Waals surface area contributed by atoms with Crippen molar-refractivity contribution in [3.8, 4) is 6.07 Å². The highest BCUT2D eigenvalue weighted by atomic mass is 16.3. The molecule has 1 heterocycles. The maximum Gasteiger partial charge on any atom is 0.107 e. The Kier molecular flexibility index (Phi) is 2.86. The van der Waals surface area contributed by atoms with Gasteiger partial charge in [0.15, 0.2) is 0 Å². The molecule has 2 rings (SSSR count). The SMILES string of the molecule is N#CCC(O)C(O)c1cccc2[nH]ncc12. The summed E-state index contributed by atoms with van der Waals surface area (Å²) in [5.41, 5.74) is 1.37. The van der Waals surface area contributed by atoms with Crippen molar-refractivity contribution in [2.45, 2.75) is 18.6 Å². The minimum Gasteiger partial charge on any atom is -0.389 e. The van der Waals surface area contributed by atoms with Crippen molar-refractivity contribution in [1.29, 1.82) is 5.26 Å². The number of aliphatic hydroxyl groups excluding tert-OH is 2. The van der Waals surface area contributed by atoms with E-state index < -0.39 is 12.2 Å². The molecule has 0 fully saturated rings. The van der Waals surface area contributed by atoms with Crippen molar-refractivity contribution in [3.63, 3.8) is 0 Å². The van der Waals surface area contributed by atoms with Crippen molar-refractivity contribution in [2.24, 2.45) is 0 Å². The van der Waals surface area contributed by atoms with Gasteiger partial charge in [-0.2, -0.15) is 10.4 Å². The molecular formula is C11H11N3O2. The summed E-state index contributed by atoms with van der Waals surface area (Å²) in [6.45, 7) is 0. The van der Waals surface area contributed by atoms with Gasteiger partial charge in [-0.3, -0.25) is 5.10 Å². The van der Waals surface area contributed by atoms with Crippen molar-refractivity contribution in [3.05, 3.63) is 30.0 Å². The van der Waals surface area contributed by atoms with Crippen LogP contribution >= 0.6 is 0 Å². The van der Waals surface area contributed by atoms with Crippen molar-refractivity contribution < 1.29 is 10.2 Å². The summed E-state index contributed by atoms with van der Waals surface area (Å²) in [4.78, 5) is 0. The van der Waals surface area contributed by atoms with Gasteiger partial charge in [-0.25, -0.2) is 0 Å². The van der Waals surface area contributed by atoms with Gasteiger partial charge in [-0.1, -0.05) is 12.1 Å². The predicted molar refractivity (Wildman–Crippen MR) is 57.3 cm³/mol. The number of hydrogen-bond donors (Lipinski definition) is 3. The van der Waals surface area contributed by atoms with Crippen molar-refractivity contribution >= 4 is 10.9 Å². The highest BCUT2D eigenvalue weighted by Crippen LogP contribution is 2.25. The highest BCUT2D eigenvalue weighted by molar-refractivity contribution is 5.81. The average molecular weight is 217 g/mol. The molecular weight excluding hydrogens is 206 g/mol. The molecule has 0 radical (unpaired) electrons. The Morgan fingerprint density at radius 1 is 1.44 bits per heavy atom. The lowest BCUT2D eigenvalue weighted by molar-refractivity contribution is 0.0225. The molecule has 0 aliphatic carbocycles. The van der Waals surface area contributed by atoms with Crippen LogP contribution in [0.3, 0.4) is 0 Å². The Bertz CT molecular complexity index is 529. The number of benzene rings is 1. The lowest BCUT2D eigenvalue weighted by Gasteiger charge is -2.16. The first-order valence-electron chi connectivity index (χ1n) is 4.89. The first-order chi connectivity index (χ1) is 7.74. The van der Waals surface area contributed by atoms with Crippen molar-refractivity contribution in [2.75, 3.05) is 0 Å². The fraction of sp³-hybridized carbons (Fsp3) is 0.273. The number of hydrogen-bond acceptors (Lipinski definition) is 4. The topological polar surface area (TPSA) is 92.9 Å². The maximum atomic E-state index is 9.89. The zero-order valence-corrected chi connectivity index (χ0v) is 8.46. The van der Waals surface area contributed by atoms with Crippen LogP contribution in [0.5, 0.6) is 0 Å². The molecule has 0 aliphatic heterocycles. The quantitative estimate of drug-likeness (QED) is 0.711. The monoisotopic (exact) mass is 217 g/mol. The maximum absolute atomic E-state index is 9.89. The molecule has 2 unspecified atom stereocenters. The number of nitrogens with zero attached hydrogens (tertiary/aromatic N) is 2. The zero-order valence-electron chi connectivity index (χ0n) is 8.46. The Morgan fingerprint density at radius 3 is 3.00 bits per heavy atom. The number of nitriles is 1. The molecule has 0 amide bonds. The van der Waals surface area contributed by atoms with Gasteiger partial charge in [-0.15, -0.1) is 0 Å². The Balaban J connectivity index is 2.39. The smallest absolute Gasteiger partial charge is 0.107 e. The number of aromatic amines is 1. The second kappa shape index (κ2) is 4.31. The van der Waals surface area contributed by atoms with E-state index in [9.17, 15) is 10.2 Å². The van der Waals surface area contributed by atoms with Gasteiger partial charge in [0, 0.05) is 5.39 Å². The van der Waals surface area contributed by atoms with Crippen LogP contribution in [-0.4, -0.2) is 26.5 Å². The van der Waals surface area contributed by atoms with E-state index in [1.54, 1.807) is 18.3 Å². The van der Waals surface area contributed by atoms with Crippen LogP contribution in [0.1, 0.15) is 18.1 Å². The van der Waals surface area contributed by atoms with E-state index in [-0.39, 0.29) is 6.42 Å². The lowest BCUT2D eigenvalue weighted by Crippen LogP contribution is -2.17. The molecule has 2 atom stereocenters. The van der Waals surface area contributed by atoms with Gasteiger partial charge >= 0.3 is 0 Å². The number of aromatic nitrogens is 2. The fourth-order valence-electron chi connectivity index (χ4n) is 1.66. The average Bonchev–Trinajstić information content (AvgIpc) is 2.76. The van der Waals surface area contributed by atoms with Gasteiger partial charge < -0.3 is 10.2 Å². The molecule has 1 aromatic carbocycles. The molecule has 5 nitrogen and oxygen atoms in total. The first kappa shape index (κ1) is 10.6. The minimum atomic E-state index is -1.08. The summed E-state index contributed by atoms with van der Waals surface area (Å²) < 4.78 is 0. The summed E-state index contributed by atoms with van der Waals surface area (Å²) in [6.07, 6.45) is -0.658. The molecule has 1 aromatic heterocycles. The minimum absolute atomic E-state index is 0.102. The number of fused-ring (bicyclic) bond motifs is 1. The van der Waals surface area contributed by atoms with Gasteiger partial charge in [0.2, 0.25) is 0 Å². The summed E-state index contributed by atoms with van der Waals surface area (Å²) in [5.74, 6) is 0. The van der Waals surface area contributed by atoms with E-state index >= 15 is 0 Å². The van der Waals surface area contributed by atoms with E-state index in [1.807, 2.05) is 12.1 Å². The summed E-state index contributed by atoms with van der Waals surface area (Å²) in [7, 11) is 0. The Labute approximate surface area is 92.0 Å². The summed E-state index contributed by atoms with van der Waals surface area (Å²) in [6, 6.07) is 7.13. The predicted octanol–water partition coefficient (Wildman–Crippen LogP) is 0.871. The van der Waals surface area contributed by atoms with Crippen LogP contribution in [-0.2, 0) is 0 Å². The van der Waals surface area contributed by atoms with E-state index in [1.165, 1.54) is 0 Å². The van der Waals surface area contributed by atoms with Gasteiger partial charge in [-0.05, 0) is 11.6 Å².